The van der Waals surface area contributed by atoms with Gasteiger partial charge in [0.25, 0.3) is 0 Å². The van der Waals surface area contributed by atoms with Crippen molar-refractivity contribution in [3.63, 3.8) is 0 Å². The van der Waals surface area contributed by atoms with Crippen LogP contribution in [0.2, 0.25) is 0 Å². The van der Waals surface area contributed by atoms with Crippen LogP contribution in [0.25, 0.3) is 0 Å². The number of hydrogen-bond donors (Lipinski definition) is 0. The Labute approximate surface area is 76.1 Å². The zero-order valence-electron chi connectivity index (χ0n) is 8.29. The highest BCUT2D eigenvalue weighted by Crippen LogP contribution is 2.42. The minimum absolute atomic E-state index is 0.823. The Morgan fingerprint density at radius 3 is 2.58 bits per heavy atom. The summed E-state index contributed by atoms with van der Waals surface area (Å²) in [4.78, 5) is 0. The van der Waals surface area contributed by atoms with Crippen molar-refractivity contribution in [3.8, 4) is 0 Å². The fraction of sp³-hybridized carbons (Fsp3) is 0.833. The lowest BCUT2D eigenvalue weighted by Crippen LogP contribution is -2.30. The Hall–Kier alpha value is -0.260. The van der Waals surface area contributed by atoms with E-state index in [4.69, 9.17) is 0 Å². The number of allylic oxidation sites excluding steroid dienone is 2. The lowest BCUT2D eigenvalue weighted by atomic mass is 9.66. The first kappa shape index (κ1) is 8.34. The molecule has 4 atom stereocenters. The smallest absolute Gasteiger partial charge is 0.0202 e. The van der Waals surface area contributed by atoms with Gasteiger partial charge in [0.1, 0.15) is 0 Å². The Kier molecular flexibility index (Phi) is 2.25. The van der Waals surface area contributed by atoms with E-state index in [1.165, 1.54) is 25.7 Å². The van der Waals surface area contributed by atoms with Crippen LogP contribution >= 0.6 is 0 Å². The maximum atomic E-state index is 2.49. The fourth-order valence-electron chi connectivity index (χ4n) is 2.96. The first-order valence-electron chi connectivity index (χ1n) is 5.47. The largest absolute Gasteiger partial charge is 0.0851 e. The summed E-state index contributed by atoms with van der Waals surface area (Å²) in [5.74, 6) is 3.70. The molecule has 1 fully saturated rings. The van der Waals surface area contributed by atoms with E-state index in [-0.39, 0.29) is 0 Å². The van der Waals surface area contributed by atoms with E-state index in [0.717, 1.165) is 23.7 Å². The fourth-order valence-corrected chi connectivity index (χ4v) is 2.96. The molecule has 2 rings (SSSR count). The summed E-state index contributed by atoms with van der Waals surface area (Å²) in [7, 11) is 0. The summed E-state index contributed by atoms with van der Waals surface area (Å²) < 4.78 is 0. The first-order chi connectivity index (χ1) is 5.79. The van der Waals surface area contributed by atoms with Gasteiger partial charge < -0.3 is 0 Å². The molecule has 0 spiro atoms. The van der Waals surface area contributed by atoms with E-state index >= 15 is 0 Å². The van der Waals surface area contributed by atoms with Crippen molar-refractivity contribution >= 4 is 0 Å². The Bertz CT molecular complexity index is 180. The second-order valence-electron chi connectivity index (χ2n) is 4.72. The molecule has 0 aromatic rings. The topological polar surface area (TPSA) is 0 Å². The van der Waals surface area contributed by atoms with Crippen molar-refractivity contribution in [2.45, 2.75) is 39.5 Å². The molecular formula is C12H20. The van der Waals surface area contributed by atoms with Gasteiger partial charge in [0.2, 0.25) is 0 Å². The monoisotopic (exact) mass is 164 g/mol. The molecule has 0 saturated heterocycles. The molecule has 0 heterocycles. The van der Waals surface area contributed by atoms with Crippen LogP contribution in [0.5, 0.6) is 0 Å². The van der Waals surface area contributed by atoms with Crippen molar-refractivity contribution in [1.29, 1.82) is 0 Å². The van der Waals surface area contributed by atoms with Crippen molar-refractivity contribution in [2.24, 2.45) is 23.7 Å². The van der Waals surface area contributed by atoms with E-state index in [9.17, 15) is 0 Å². The second kappa shape index (κ2) is 3.24. The first-order valence-corrected chi connectivity index (χ1v) is 5.47. The van der Waals surface area contributed by atoms with Gasteiger partial charge >= 0.3 is 0 Å². The van der Waals surface area contributed by atoms with Crippen LogP contribution in [-0.2, 0) is 0 Å². The quantitative estimate of drug-likeness (QED) is 0.479. The van der Waals surface area contributed by atoms with Gasteiger partial charge in [0.05, 0.1) is 0 Å². The molecule has 2 aliphatic carbocycles. The third kappa shape index (κ3) is 1.32. The highest BCUT2D eigenvalue weighted by molar-refractivity contribution is 5.03. The standard InChI is InChI=1S/C12H20/c1-9-7-8-11-5-3-4-6-12(11)10(9)2/h7-12H,3-6H2,1-2H3/t9-,10?,11+,12?/m0/s1. The van der Waals surface area contributed by atoms with Gasteiger partial charge in [0, 0.05) is 0 Å². The summed E-state index contributed by atoms with van der Waals surface area (Å²) >= 11 is 0. The molecule has 1 saturated carbocycles. The van der Waals surface area contributed by atoms with Crippen molar-refractivity contribution in [1.82, 2.24) is 0 Å². The highest BCUT2D eigenvalue weighted by Gasteiger charge is 2.32. The van der Waals surface area contributed by atoms with Crippen molar-refractivity contribution in [2.75, 3.05) is 0 Å². The zero-order valence-corrected chi connectivity index (χ0v) is 8.29. The van der Waals surface area contributed by atoms with Crippen LogP contribution in [0.1, 0.15) is 39.5 Å². The molecule has 0 nitrogen and oxygen atoms in total. The Morgan fingerprint density at radius 1 is 1.00 bits per heavy atom. The number of rotatable bonds is 0. The van der Waals surface area contributed by atoms with E-state index in [1.54, 1.807) is 0 Å². The average Bonchev–Trinajstić information content (AvgIpc) is 2.12. The normalized spacial score (nSPS) is 47.2. The molecule has 0 bridgehead atoms. The van der Waals surface area contributed by atoms with Gasteiger partial charge in [-0.15, -0.1) is 0 Å². The van der Waals surface area contributed by atoms with Crippen LogP contribution in [0.4, 0.5) is 0 Å². The summed E-state index contributed by atoms with van der Waals surface area (Å²) in [6, 6.07) is 0. The predicted octanol–water partition coefficient (Wildman–Crippen LogP) is 3.63. The highest BCUT2D eigenvalue weighted by atomic mass is 14.4. The summed E-state index contributed by atoms with van der Waals surface area (Å²) in [6.45, 7) is 4.81. The maximum absolute atomic E-state index is 2.49. The molecule has 12 heavy (non-hydrogen) atoms. The molecular weight excluding hydrogens is 144 g/mol. The molecule has 0 aliphatic heterocycles. The van der Waals surface area contributed by atoms with E-state index < -0.39 is 0 Å². The molecule has 0 heteroatoms. The maximum Gasteiger partial charge on any atom is -0.0202 e. The number of fused-ring (bicyclic) bond motifs is 1. The van der Waals surface area contributed by atoms with Crippen LogP contribution in [0.3, 0.4) is 0 Å². The third-order valence-electron chi connectivity index (χ3n) is 4.04. The minimum atomic E-state index is 0.823. The lowest BCUT2D eigenvalue weighted by Gasteiger charge is -2.39. The molecule has 0 aromatic heterocycles. The van der Waals surface area contributed by atoms with Gasteiger partial charge in [-0.1, -0.05) is 38.8 Å². The van der Waals surface area contributed by atoms with E-state index in [0.29, 0.717) is 0 Å². The van der Waals surface area contributed by atoms with Gasteiger partial charge in [-0.2, -0.15) is 0 Å². The summed E-state index contributed by atoms with van der Waals surface area (Å²) in [5.41, 5.74) is 0. The third-order valence-corrected chi connectivity index (χ3v) is 4.04. The number of hydrogen-bond acceptors (Lipinski definition) is 0. The minimum Gasteiger partial charge on any atom is -0.0851 e. The molecule has 0 aromatic carbocycles. The molecule has 0 N–H and O–H groups in total. The van der Waals surface area contributed by atoms with Crippen LogP contribution in [0, 0.1) is 23.7 Å². The van der Waals surface area contributed by atoms with E-state index in [2.05, 4.69) is 26.0 Å². The SMILES string of the molecule is CC1C2CCCC[C@@H]2C=C[C@@H]1C. The second-order valence-corrected chi connectivity index (χ2v) is 4.72. The Morgan fingerprint density at radius 2 is 1.75 bits per heavy atom. The van der Waals surface area contributed by atoms with Crippen molar-refractivity contribution in [3.05, 3.63) is 12.2 Å². The summed E-state index contributed by atoms with van der Waals surface area (Å²) in [5, 5.41) is 0. The molecule has 2 unspecified atom stereocenters. The molecule has 0 radical (unpaired) electrons. The predicted molar refractivity (Wildman–Crippen MR) is 52.9 cm³/mol. The molecule has 2 aliphatic rings. The van der Waals surface area contributed by atoms with Crippen LogP contribution in [0.15, 0.2) is 12.2 Å². The lowest BCUT2D eigenvalue weighted by molar-refractivity contribution is 0.163. The van der Waals surface area contributed by atoms with Crippen molar-refractivity contribution < 1.29 is 0 Å². The average molecular weight is 164 g/mol. The van der Waals surface area contributed by atoms with Crippen LogP contribution < -0.4 is 0 Å². The van der Waals surface area contributed by atoms with E-state index in [1.807, 2.05) is 0 Å². The van der Waals surface area contributed by atoms with Gasteiger partial charge in [-0.05, 0) is 36.5 Å². The zero-order chi connectivity index (χ0) is 8.55. The van der Waals surface area contributed by atoms with Gasteiger partial charge in [-0.25, -0.2) is 0 Å². The van der Waals surface area contributed by atoms with Crippen LogP contribution in [-0.4, -0.2) is 0 Å². The van der Waals surface area contributed by atoms with Gasteiger partial charge in [0.15, 0.2) is 0 Å². The molecule has 68 valence electrons. The molecule has 0 amide bonds. The Balaban J connectivity index is 2.13. The van der Waals surface area contributed by atoms with Gasteiger partial charge in [-0.3, -0.25) is 0 Å². The summed E-state index contributed by atoms with van der Waals surface area (Å²) in [6.07, 6.45) is 10.8.